The molecule has 0 atom stereocenters. The van der Waals surface area contributed by atoms with Crippen LogP contribution in [0.1, 0.15) is 21.6 Å². The minimum Gasteiger partial charge on any atom is -0.465 e. The minimum absolute atomic E-state index is 0.257. The maximum atomic E-state index is 11.8. The molecule has 8 heteroatoms. The molecule has 1 aromatic heterocycles. The van der Waals surface area contributed by atoms with Crippen molar-refractivity contribution >= 4 is 40.9 Å². The number of carbonyl (C=O) groups excluding carboxylic acids is 1. The Morgan fingerprint density at radius 1 is 1.36 bits per heavy atom. The Morgan fingerprint density at radius 3 is 2.73 bits per heavy atom. The van der Waals surface area contributed by atoms with Crippen LogP contribution < -0.4 is 5.69 Å². The van der Waals surface area contributed by atoms with Crippen molar-refractivity contribution in [3.63, 3.8) is 0 Å². The summed E-state index contributed by atoms with van der Waals surface area (Å²) in [5, 5.41) is 1.23. The standard InChI is InChI=1S/C14H12Cl2N2O3S/c1-7-11(13(19)21-2)12(18-14(20)17-7)22-6-8-3-4-9(15)10(16)5-8/h3-5H,6H2,1-2H3,(H,17,18,20). The fraction of sp³-hybridized carbons (Fsp3) is 0.214. The number of halogens is 2. The lowest BCUT2D eigenvalue weighted by Crippen LogP contribution is -2.19. The zero-order valence-corrected chi connectivity index (χ0v) is 14.1. The summed E-state index contributed by atoms with van der Waals surface area (Å²) >= 11 is 13.1. The van der Waals surface area contributed by atoms with Gasteiger partial charge in [0.2, 0.25) is 0 Å². The quantitative estimate of drug-likeness (QED) is 0.514. The Bertz CT molecular complexity index is 777. The summed E-state index contributed by atoms with van der Waals surface area (Å²) in [5.74, 6) is -0.0607. The average molecular weight is 359 g/mol. The number of rotatable bonds is 4. The van der Waals surface area contributed by atoms with Crippen molar-refractivity contribution in [1.29, 1.82) is 0 Å². The van der Waals surface area contributed by atoms with Gasteiger partial charge in [0.15, 0.2) is 0 Å². The fourth-order valence-corrected chi connectivity index (χ4v) is 3.12. The van der Waals surface area contributed by atoms with E-state index in [0.29, 0.717) is 26.5 Å². The number of carbonyl (C=O) groups is 1. The largest absolute Gasteiger partial charge is 0.465 e. The van der Waals surface area contributed by atoms with E-state index in [1.165, 1.54) is 18.9 Å². The van der Waals surface area contributed by atoms with Crippen LogP contribution in [-0.2, 0) is 10.5 Å². The second-order valence-electron chi connectivity index (χ2n) is 4.38. The second-order valence-corrected chi connectivity index (χ2v) is 6.15. The maximum absolute atomic E-state index is 11.8. The molecule has 2 aromatic rings. The average Bonchev–Trinajstić information content (AvgIpc) is 2.47. The van der Waals surface area contributed by atoms with E-state index in [0.717, 1.165) is 5.56 Å². The van der Waals surface area contributed by atoms with Crippen molar-refractivity contribution in [2.75, 3.05) is 7.11 Å². The molecule has 2 rings (SSSR count). The number of ether oxygens (including phenoxy) is 1. The van der Waals surface area contributed by atoms with Crippen molar-refractivity contribution in [1.82, 2.24) is 9.97 Å². The number of benzene rings is 1. The third-order valence-electron chi connectivity index (χ3n) is 2.84. The van der Waals surface area contributed by atoms with Gasteiger partial charge in [-0.2, -0.15) is 4.98 Å². The SMILES string of the molecule is COC(=O)c1c(SCc2ccc(Cl)c(Cl)c2)nc(=O)[nH]c1C. The maximum Gasteiger partial charge on any atom is 0.346 e. The van der Waals surface area contributed by atoms with Gasteiger partial charge < -0.3 is 9.72 Å². The van der Waals surface area contributed by atoms with E-state index in [9.17, 15) is 9.59 Å². The summed E-state index contributed by atoms with van der Waals surface area (Å²) in [6, 6.07) is 5.24. The van der Waals surface area contributed by atoms with Crippen molar-refractivity contribution in [3.8, 4) is 0 Å². The number of hydrogen-bond acceptors (Lipinski definition) is 5. The molecule has 0 aliphatic carbocycles. The number of aryl methyl sites for hydroxylation is 1. The van der Waals surface area contributed by atoms with E-state index < -0.39 is 11.7 Å². The lowest BCUT2D eigenvalue weighted by molar-refractivity contribution is 0.0594. The summed E-state index contributed by atoms with van der Waals surface area (Å²) in [6.45, 7) is 1.62. The van der Waals surface area contributed by atoms with E-state index >= 15 is 0 Å². The van der Waals surface area contributed by atoms with Gasteiger partial charge >= 0.3 is 11.7 Å². The van der Waals surface area contributed by atoms with Crippen LogP contribution in [0.15, 0.2) is 28.0 Å². The Balaban J connectivity index is 2.30. The Morgan fingerprint density at radius 2 is 2.09 bits per heavy atom. The monoisotopic (exact) mass is 358 g/mol. The number of aromatic nitrogens is 2. The van der Waals surface area contributed by atoms with Crippen molar-refractivity contribution in [2.45, 2.75) is 17.7 Å². The number of H-pyrrole nitrogens is 1. The molecule has 1 aromatic carbocycles. The summed E-state index contributed by atoms with van der Waals surface area (Å²) in [7, 11) is 1.28. The lowest BCUT2D eigenvalue weighted by atomic mass is 10.2. The molecular weight excluding hydrogens is 347 g/mol. The predicted octanol–water partition coefficient (Wildman–Crippen LogP) is 3.46. The molecule has 5 nitrogen and oxygen atoms in total. The van der Waals surface area contributed by atoms with Crippen molar-refractivity contribution in [2.24, 2.45) is 0 Å². The first-order chi connectivity index (χ1) is 10.4. The van der Waals surface area contributed by atoms with E-state index in [4.69, 9.17) is 27.9 Å². The van der Waals surface area contributed by atoms with E-state index in [1.807, 2.05) is 6.07 Å². The fourth-order valence-electron chi connectivity index (χ4n) is 1.79. The normalized spacial score (nSPS) is 10.5. The zero-order chi connectivity index (χ0) is 16.3. The van der Waals surface area contributed by atoms with Crippen LogP contribution in [0.4, 0.5) is 0 Å². The summed E-state index contributed by atoms with van der Waals surface area (Å²) < 4.78 is 4.73. The molecule has 0 saturated heterocycles. The molecular formula is C14H12Cl2N2O3S. The summed E-state index contributed by atoms with van der Waals surface area (Å²) in [4.78, 5) is 29.7. The molecule has 0 amide bonds. The van der Waals surface area contributed by atoms with Crippen molar-refractivity contribution < 1.29 is 9.53 Å². The first kappa shape index (κ1) is 16.9. The van der Waals surface area contributed by atoms with Gasteiger partial charge in [-0.05, 0) is 24.6 Å². The molecule has 22 heavy (non-hydrogen) atoms. The van der Waals surface area contributed by atoms with Crippen LogP contribution in [0, 0.1) is 6.92 Å². The van der Waals surface area contributed by atoms with E-state index in [-0.39, 0.29) is 5.56 Å². The van der Waals surface area contributed by atoms with Crippen molar-refractivity contribution in [3.05, 3.63) is 55.5 Å². The Hall–Kier alpha value is -1.50. The number of hydrogen-bond donors (Lipinski definition) is 1. The predicted molar refractivity (Wildman–Crippen MR) is 87.0 cm³/mol. The number of nitrogens with one attached hydrogen (secondary N) is 1. The number of thioether (sulfide) groups is 1. The lowest BCUT2D eigenvalue weighted by Gasteiger charge is -2.09. The highest BCUT2D eigenvalue weighted by Crippen LogP contribution is 2.28. The Labute approximate surface area is 141 Å². The molecule has 0 unspecified atom stereocenters. The Kier molecular flexibility index (Phi) is 5.50. The topological polar surface area (TPSA) is 72.0 Å². The molecule has 1 heterocycles. The molecule has 0 spiro atoms. The van der Waals surface area contributed by atoms with E-state index in [1.54, 1.807) is 19.1 Å². The first-order valence-corrected chi connectivity index (χ1v) is 7.92. The van der Waals surface area contributed by atoms with Gasteiger partial charge in [-0.1, -0.05) is 29.3 Å². The summed E-state index contributed by atoms with van der Waals surface area (Å²) in [6.07, 6.45) is 0. The molecule has 0 saturated carbocycles. The second kappa shape index (κ2) is 7.17. The number of nitrogens with zero attached hydrogens (tertiary/aromatic N) is 1. The molecule has 0 aliphatic heterocycles. The summed E-state index contributed by atoms with van der Waals surface area (Å²) in [5.41, 5.74) is 1.06. The number of esters is 1. The third-order valence-corrected chi connectivity index (χ3v) is 4.62. The zero-order valence-electron chi connectivity index (χ0n) is 11.8. The van der Waals surface area contributed by atoms with Gasteiger partial charge in [-0.25, -0.2) is 9.59 Å². The van der Waals surface area contributed by atoms with Gasteiger partial charge in [-0.3, -0.25) is 0 Å². The third kappa shape index (κ3) is 3.82. The molecule has 1 N–H and O–H groups in total. The van der Waals surface area contributed by atoms with Gasteiger partial charge in [0.25, 0.3) is 0 Å². The van der Waals surface area contributed by atoms with Crippen LogP contribution >= 0.6 is 35.0 Å². The highest BCUT2D eigenvalue weighted by Gasteiger charge is 2.18. The molecule has 0 bridgehead atoms. The van der Waals surface area contributed by atoms with Crippen LogP contribution in [0.5, 0.6) is 0 Å². The van der Waals surface area contributed by atoms with Gasteiger partial charge in [0.05, 0.1) is 17.2 Å². The molecule has 0 aliphatic rings. The van der Waals surface area contributed by atoms with Crippen LogP contribution in [-0.4, -0.2) is 23.0 Å². The number of methoxy groups -OCH3 is 1. The van der Waals surface area contributed by atoms with Gasteiger partial charge in [0, 0.05) is 11.4 Å². The van der Waals surface area contributed by atoms with Crippen LogP contribution in [0.3, 0.4) is 0 Å². The number of aromatic amines is 1. The highest BCUT2D eigenvalue weighted by molar-refractivity contribution is 7.98. The molecule has 116 valence electrons. The van der Waals surface area contributed by atoms with Gasteiger partial charge in [-0.15, -0.1) is 11.8 Å². The highest BCUT2D eigenvalue weighted by atomic mass is 35.5. The van der Waals surface area contributed by atoms with Crippen LogP contribution in [0.2, 0.25) is 10.0 Å². The van der Waals surface area contributed by atoms with E-state index in [2.05, 4.69) is 9.97 Å². The first-order valence-electron chi connectivity index (χ1n) is 6.18. The van der Waals surface area contributed by atoms with Crippen LogP contribution in [0.25, 0.3) is 0 Å². The smallest absolute Gasteiger partial charge is 0.346 e. The molecule has 0 fully saturated rings. The van der Waals surface area contributed by atoms with Gasteiger partial charge in [0.1, 0.15) is 10.6 Å². The minimum atomic E-state index is -0.544. The molecule has 0 radical (unpaired) electrons.